The molecule has 130 valence electrons. The molecule has 0 unspecified atom stereocenters. The van der Waals surface area contributed by atoms with Gasteiger partial charge in [0.15, 0.2) is 5.82 Å². The third-order valence-corrected chi connectivity index (χ3v) is 5.00. The van der Waals surface area contributed by atoms with E-state index in [9.17, 15) is 9.59 Å². The van der Waals surface area contributed by atoms with Crippen LogP contribution in [0, 0.1) is 6.92 Å². The number of rotatable bonds is 2. The number of hydrogen-bond acceptors (Lipinski definition) is 4. The first-order chi connectivity index (χ1) is 12.1. The Balaban J connectivity index is 1.53. The van der Waals surface area contributed by atoms with Gasteiger partial charge in [-0.25, -0.2) is 0 Å². The van der Waals surface area contributed by atoms with Gasteiger partial charge in [-0.2, -0.15) is 0 Å². The Kier molecular flexibility index (Phi) is 3.99. The second-order valence-corrected chi connectivity index (χ2v) is 6.59. The van der Waals surface area contributed by atoms with E-state index < -0.39 is 0 Å². The summed E-state index contributed by atoms with van der Waals surface area (Å²) in [5, 5.41) is 8.21. The Morgan fingerprint density at radius 2 is 2.00 bits per heavy atom. The van der Waals surface area contributed by atoms with Crippen LogP contribution in [0.25, 0.3) is 0 Å². The minimum absolute atomic E-state index is 0.0225. The van der Waals surface area contributed by atoms with Crippen LogP contribution in [0.15, 0.2) is 24.3 Å². The lowest BCUT2D eigenvalue weighted by Crippen LogP contribution is -2.45. The Morgan fingerprint density at radius 3 is 2.88 bits per heavy atom. The molecule has 2 aliphatic rings. The summed E-state index contributed by atoms with van der Waals surface area (Å²) < 4.78 is 2.04. The summed E-state index contributed by atoms with van der Waals surface area (Å²) in [5.74, 6) is 1.66. The summed E-state index contributed by atoms with van der Waals surface area (Å²) in [6.45, 7) is 3.77. The van der Waals surface area contributed by atoms with Crippen molar-refractivity contribution in [3.63, 3.8) is 0 Å². The predicted octanol–water partition coefficient (Wildman–Crippen LogP) is 1.30. The molecule has 7 nitrogen and oxygen atoms in total. The van der Waals surface area contributed by atoms with Gasteiger partial charge in [-0.3, -0.25) is 9.59 Å². The zero-order chi connectivity index (χ0) is 17.4. The van der Waals surface area contributed by atoms with Crippen molar-refractivity contribution in [1.82, 2.24) is 19.7 Å². The van der Waals surface area contributed by atoms with Gasteiger partial charge in [0.2, 0.25) is 11.8 Å². The summed E-state index contributed by atoms with van der Waals surface area (Å²) in [7, 11) is 0. The number of aromatic nitrogens is 3. The van der Waals surface area contributed by atoms with Gasteiger partial charge in [0.25, 0.3) is 0 Å². The van der Waals surface area contributed by atoms with Gasteiger partial charge >= 0.3 is 0 Å². The molecule has 0 radical (unpaired) electrons. The Hall–Kier alpha value is -2.70. The molecule has 0 bridgehead atoms. The highest BCUT2D eigenvalue weighted by atomic mass is 16.2. The number of nitrogens with zero attached hydrogens (tertiary/aromatic N) is 5. The molecule has 0 N–H and O–H groups in total. The van der Waals surface area contributed by atoms with Gasteiger partial charge in [-0.15, -0.1) is 10.2 Å². The molecule has 0 saturated carbocycles. The Morgan fingerprint density at radius 1 is 1.16 bits per heavy atom. The number of fused-ring (bicyclic) bond motifs is 2. The van der Waals surface area contributed by atoms with Gasteiger partial charge in [-0.05, 0) is 31.4 Å². The molecule has 1 aromatic heterocycles. The molecule has 7 heteroatoms. The van der Waals surface area contributed by atoms with Crippen LogP contribution >= 0.6 is 0 Å². The summed E-state index contributed by atoms with van der Waals surface area (Å²) in [6.07, 6.45) is 2.18. The van der Waals surface area contributed by atoms with E-state index in [0.29, 0.717) is 26.1 Å². The first-order valence-corrected chi connectivity index (χ1v) is 8.68. The molecular formula is C18H21N5O2. The lowest BCUT2D eigenvalue weighted by Gasteiger charge is -2.30. The molecule has 2 aliphatic heterocycles. The van der Waals surface area contributed by atoms with Crippen molar-refractivity contribution < 1.29 is 9.59 Å². The first kappa shape index (κ1) is 15.8. The molecule has 0 aliphatic carbocycles. The van der Waals surface area contributed by atoms with Gasteiger partial charge in [0, 0.05) is 25.2 Å². The second-order valence-electron chi connectivity index (χ2n) is 6.59. The number of anilines is 1. The van der Waals surface area contributed by atoms with Gasteiger partial charge in [0.1, 0.15) is 12.4 Å². The number of amides is 2. The topological polar surface area (TPSA) is 71.3 Å². The summed E-state index contributed by atoms with van der Waals surface area (Å²) in [5.41, 5.74) is 2.00. The molecule has 0 saturated heterocycles. The summed E-state index contributed by atoms with van der Waals surface area (Å²) in [6, 6.07) is 7.87. The van der Waals surface area contributed by atoms with Crippen LogP contribution in [-0.2, 0) is 29.1 Å². The van der Waals surface area contributed by atoms with Crippen molar-refractivity contribution >= 4 is 17.5 Å². The van der Waals surface area contributed by atoms with E-state index in [0.717, 1.165) is 35.7 Å². The molecule has 0 spiro atoms. The van der Waals surface area contributed by atoms with Crippen molar-refractivity contribution in [2.45, 2.75) is 39.3 Å². The average Bonchev–Trinajstić information content (AvgIpc) is 2.92. The van der Waals surface area contributed by atoms with E-state index in [1.54, 1.807) is 9.80 Å². The van der Waals surface area contributed by atoms with Crippen LogP contribution in [-0.4, -0.2) is 44.6 Å². The smallest absolute Gasteiger partial charge is 0.243 e. The van der Waals surface area contributed by atoms with Crippen molar-refractivity contribution in [3.05, 3.63) is 41.5 Å². The Labute approximate surface area is 146 Å². The highest BCUT2D eigenvalue weighted by molar-refractivity contribution is 5.99. The number of benzene rings is 1. The van der Waals surface area contributed by atoms with Crippen molar-refractivity contribution in [1.29, 1.82) is 0 Å². The van der Waals surface area contributed by atoms with E-state index in [1.807, 2.05) is 35.8 Å². The fourth-order valence-electron chi connectivity index (χ4n) is 3.61. The maximum absolute atomic E-state index is 12.8. The number of carbonyl (C=O) groups excluding carboxylic acids is 2. The van der Waals surface area contributed by atoms with Crippen LogP contribution in [0.1, 0.15) is 30.1 Å². The summed E-state index contributed by atoms with van der Waals surface area (Å²) >= 11 is 0. The fourth-order valence-corrected chi connectivity index (χ4v) is 3.61. The quantitative estimate of drug-likeness (QED) is 0.827. The fraction of sp³-hybridized carbons (Fsp3) is 0.444. The molecule has 25 heavy (non-hydrogen) atoms. The minimum Gasteiger partial charge on any atom is -0.332 e. The van der Waals surface area contributed by atoms with E-state index in [4.69, 9.17) is 0 Å². The standard InChI is InChI=1S/C18H21N5O2/c1-13-19-20-16-11-21(9-10-22(13)16)18(25)12-23-15-7-3-2-5-14(15)6-4-8-17(23)24/h2-3,5,7H,4,6,8-12H2,1H3. The Bertz CT molecular complexity index is 829. The maximum Gasteiger partial charge on any atom is 0.243 e. The number of hydrogen-bond donors (Lipinski definition) is 0. The van der Waals surface area contributed by atoms with Gasteiger partial charge < -0.3 is 14.4 Å². The largest absolute Gasteiger partial charge is 0.332 e. The first-order valence-electron chi connectivity index (χ1n) is 8.68. The SMILES string of the molecule is Cc1nnc2n1CCN(C(=O)CN1C(=O)CCCc3ccccc31)C2. The zero-order valence-electron chi connectivity index (χ0n) is 14.3. The molecule has 1 aromatic carbocycles. The minimum atomic E-state index is -0.0445. The lowest BCUT2D eigenvalue weighted by molar-refractivity contribution is -0.132. The van der Waals surface area contributed by atoms with Crippen molar-refractivity contribution in [2.24, 2.45) is 0 Å². The van der Waals surface area contributed by atoms with Crippen molar-refractivity contribution in [2.75, 3.05) is 18.0 Å². The molecule has 4 rings (SSSR count). The van der Waals surface area contributed by atoms with E-state index in [1.165, 1.54) is 0 Å². The monoisotopic (exact) mass is 339 g/mol. The molecule has 0 fully saturated rings. The third-order valence-electron chi connectivity index (χ3n) is 5.00. The van der Waals surface area contributed by atoms with Crippen molar-refractivity contribution in [3.8, 4) is 0 Å². The normalized spacial score (nSPS) is 17.1. The molecule has 2 aromatic rings. The highest BCUT2D eigenvalue weighted by Crippen LogP contribution is 2.27. The summed E-state index contributed by atoms with van der Waals surface area (Å²) in [4.78, 5) is 28.8. The molecule has 3 heterocycles. The van der Waals surface area contributed by atoms with Crippen LogP contribution in [0.2, 0.25) is 0 Å². The average molecular weight is 339 g/mol. The van der Waals surface area contributed by atoms with Gasteiger partial charge in [0.05, 0.1) is 6.54 Å². The highest BCUT2D eigenvalue weighted by Gasteiger charge is 2.28. The molecular weight excluding hydrogens is 318 g/mol. The van der Waals surface area contributed by atoms with Crippen LogP contribution in [0.5, 0.6) is 0 Å². The second kappa shape index (κ2) is 6.31. The number of carbonyl (C=O) groups is 2. The van der Waals surface area contributed by atoms with Crippen LogP contribution in [0.4, 0.5) is 5.69 Å². The van der Waals surface area contributed by atoms with E-state index >= 15 is 0 Å². The van der Waals surface area contributed by atoms with Crippen LogP contribution in [0.3, 0.4) is 0 Å². The zero-order valence-corrected chi connectivity index (χ0v) is 14.3. The van der Waals surface area contributed by atoms with Crippen LogP contribution < -0.4 is 4.90 Å². The van der Waals surface area contributed by atoms with E-state index in [-0.39, 0.29) is 18.4 Å². The third kappa shape index (κ3) is 2.90. The molecule has 2 amide bonds. The lowest BCUT2D eigenvalue weighted by atomic mass is 10.1. The maximum atomic E-state index is 12.8. The number of para-hydroxylation sites is 1. The van der Waals surface area contributed by atoms with E-state index in [2.05, 4.69) is 10.2 Å². The van der Waals surface area contributed by atoms with Gasteiger partial charge in [-0.1, -0.05) is 18.2 Å². The molecule has 0 atom stereocenters. The predicted molar refractivity (Wildman–Crippen MR) is 91.9 cm³/mol. The number of aryl methyl sites for hydroxylation is 2.